The number of halogens is 1. The highest BCUT2D eigenvalue weighted by Crippen LogP contribution is 2.21. The van der Waals surface area contributed by atoms with Crippen molar-refractivity contribution >= 4 is 33.7 Å². The number of carboxylic acid groups (broad SMARTS) is 1. The lowest BCUT2D eigenvalue weighted by Crippen LogP contribution is -2.59. The second-order valence-electron chi connectivity index (χ2n) is 7.28. The first kappa shape index (κ1) is 21.5. The Morgan fingerprint density at radius 1 is 1.30 bits per heavy atom. The summed E-state index contributed by atoms with van der Waals surface area (Å²) in [6, 6.07) is 5.00. The van der Waals surface area contributed by atoms with E-state index in [-0.39, 0.29) is 25.4 Å². The molecule has 1 saturated heterocycles. The number of carbonyl (C=O) groups excluding carboxylic acids is 1. The largest absolute Gasteiger partial charge is 0.480 e. The quantitative estimate of drug-likeness (QED) is 0.803. The van der Waals surface area contributed by atoms with Crippen LogP contribution in [0.15, 0.2) is 24.3 Å². The molecule has 0 aliphatic carbocycles. The lowest BCUT2D eigenvalue weighted by Gasteiger charge is -2.38. The van der Waals surface area contributed by atoms with Gasteiger partial charge in [-0.2, -0.15) is 4.31 Å². The van der Waals surface area contributed by atoms with Gasteiger partial charge in [-0.15, -0.1) is 0 Å². The van der Waals surface area contributed by atoms with E-state index in [9.17, 15) is 23.1 Å². The summed E-state index contributed by atoms with van der Waals surface area (Å²) in [5, 5.41) is 9.90. The fourth-order valence-electron chi connectivity index (χ4n) is 2.71. The van der Waals surface area contributed by atoms with Crippen molar-refractivity contribution < 1.29 is 27.9 Å². The Hall–Kier alpha value is -1.84. The van der Waals surface area contributed by atoms with Gasteiger partial charge in [-0.05, 0) is 38.5 Å². The average molecular weight is 419 g/mol. The first-order valence-corrected chi connectivity index (χ1v) is 10.3. The zero-order valence-electron chi connectivity index (χ0n) is 15.4. The standard InChI is InChI=1S/C17H23ClN2O6S/c1-17(2,3)26-16(23)19-7-8-20(14(10-19)15(21)22)27(24,25)11-12-5-4-6-13(18)9-12/h4-6,9,14H,7-8,10-11H2,1-3H3,(H,21,22)/t14-/m1/s1. The van der Waals surface area contributed by atoms with Gasteiger partial charge in [0, 0.05) is 18.1 Å². The Morgan fingerprint density at radius 3 is 2.52 bits per heavy atom. The van der Waals surface area contributed by atoms with Crippen LogP contribution in [0.4, 0.5) is 4.79 Å². The number of rotatable bonds is 4. The van der Waals surface area contributed by atoms with Gasteiger partial charge in [0.1, 0.15) is 11.6 Å². The highest BCUT2D eigenvalue weighted by molar-refractivity contribution is 7.88. The number of nitrogens with zero attached hydrogens (tertiary/aromatic N) is 2. The van der Waals surface area contributed by atoms with Crippen molar-refractivity contribution in [1.29, 1.82) is 0 Å². The molecule has 1 atom stereocenters. The van der Waals surface area contributed by atoms with E-state index in [4.69, 9.17) is 16.3 Å². The lowest BCUT2D eigenvalue weighted by molar-refractivity contribution is -0.143. The van der Waals surface area contributed by atoms with E-state index in [1.165, 1.54) is 11.0 Å². The minimum absolute atomic E-state index is 0.0491. The number of hydrogen-bond acceptors (Lipinski definition) is 5. The number of benzene rings is 1. The molecule has 1 amide bonds. The molecule has 1 aliphatic heterocycles. The van der Waals surface area contributed by atoms with E-state index in [1.54, 1.807) is 39.0 Å². The number of piperazine rings is 1. The molecule has 0 spiro atoms. The number of aliphatic carboxylic acids is 1. The van der Waals surface area contributed by atoms with Gasteiger partial charge in [0.05, 0.1) is 12.3 Å². The molecule has 0 saturated carbocycles. The van der Waals surface area contributed by atoms with Crippen LogP contribution in [-0.2, 0) is 25.3 Å². The van der Waals surface area contributed by atoms with Crippen molar-refractivity contribution in [1.82, 2.24) is 9.21 Å². The van der Waals surface area contributed by atoms with E-state index in [1.807, 2.05) is 0 Å². The number of carbonyl (C=O) groups is 2. The summed E-state index contributed by atoms with van der Waals surface area (Å²) in [5.41, 5.74) is -0.271. The fourth-order valence-corrected chi connectivity index (χ4v) is 4.60. The van der Waals surface area contributed by atoms with Gasteiger partial charge in [0.25, 0.3) is 0 Å². The minimum Gasteiger partial charge on any atom is -0.480 e. The van der Waals surface area contributed by atoms with Gasteiger partial charge in [0.2, 0.25) is 10.0 Å². The molecular weight excluding hydrogens is 396 g/mol. The van der Waals surface area contributed by atoms with Crippen LogP contribution >= 0.6 is 11.6 Å². The molecule has 0 radical (unpaired) electrons. The van der Waals surface area contributed by atoms with Crippen molar-refractivity contribution in [3.63, 3.8) is 0 Å². The third-order valence-electron chi connectivity index (χ3n) is 3.86. The maximum atomic E-state index is 12.8. The summed E-state index contributed by atoms with van der Waals surface area (Å²) in [7, 11) is -3.92. The van der Waals surface area contributed by atoms with Crippen molar-refractivity contribution in [2.45, 2.75) is 38.2 Å². The monoisotopic (exact) mass is 418 g/mol. The Balaban J connectivity index is 2.17. The maximum Gasteiger partial charge on any atom is 0.410 e. The van der Waals surface area contributed by atoms with Crippen LogP contribution in [0.1, 0.15) is 26.3 Å². The van der Waals surface area contributed by atoms with Crippen LogP contribution in [0.3, 0.4) is 0 Å². The minimum atomic E-state index is -3.92. The summed E-state index contributed by atoms with van der Waals surface area (Å²) >= 11 is 5.88. The van der Waals surface area contributed by atoms with E-state index < -0.39 is 33.7 Å². The first-order chi connectivity index (χ1) is 12.4. The third kappa shape index (κ3) is 5.82. The SMILES string of the molecule is CC(C)(C)OC(=O)N1CCN(S(=O)(=O)Cc2cccc(Cl)c2)[C@@H](C(=O)O)C1. The predicted octanol–water partition coefficient (Wildman–Crippen LogP) is 2.18. The Labute approximate surface area is 163 Å². The maximum absolute atomic E-state index is 12.8. The van der Waals surface area contributed by atoms with Crippen molar-refractivity contribution in [3.05, 3.63) is 34.9 Å². The number of sulfonamides is 1. The van der Waals surface area contributed by atoms with Crippen LogP contribution in [-0.4, -0.2) is 66.1 Å². The molecule has 1 fully saturated rings. The molecule has 1 heterocycles. The molecule has 0 aromatic heterocycles. The van der Waals surface area contributed by atoms with Crippen LogP contribution < -0.4 is 0 Å². The Morgan fingerprint density at radius 2 is 1.96 bits per heavy atom. The van der Waals surface area contributed by atoms with Crippen LogP contribution in [0.5, 0.6) is 0 Å². The zero-order chi connectivity index (χ0) is 20.4. The smallest absolute Gasteiger partial charge is 0.410 e. The summed E-state index contributed by atoms with van der Waals surface area (Å²) in [4.78, 5) is 25.1. The van der Waals surface area contributed by atoms with Gasteiger partial charge in [0.15, 0.2) is 0 Å². The molecule has 1 aromatic rings. The highest BCUT2D eigenvalue weighted by Gasteiger charge is 2.41. The van der Waals surface area contributed by atoms with Gasteiger partial charge in [-0.3, -0.25) is 4.79 Å². The number of carboxylic acids is 1. The molecule has 150 valence electrons. The normalized spacial score (nSPS) is 19.0. The molecule has 2 rings (SSSR count). The van der Waals surface area contributed by atoms with Crippen molar-refractivity contribution in [2.24, 2.45) is 0 Å². The van der Waals surface area contributed by atoms with Crippen LogP contribution in [0.2, 0.25) is 5.02 Å². The Kier molecular flexibility index (Phi) is 6.39. The summed E-state index contributed by atoms with van der Waals surface area (Å²) in [5.74, 6) is -1.69. The topological polar surface area (TPSA) is 104 Å². The van der Waals surface area contributed by atoms with Crippen molar-refractivity contribution in [3.8, 4) is 0 Å². The molecule has 8 nitrogen and oxygen atoms in total. The van der Waals surface area contributed by atoms with Crippen molar-refractivity contribution in [2.75, 3.05) is 19.6 Å². The van der Waals surface area contributed by atoms with Gasteiger partial charge in [-0.1, -0.05) is 23.7 Å². The summed E-state index contributed by atoms with van der Waals surface area (Å²) in [6.45, 7) is 4.74. The number of hydrogen-bond donors (Lipinski definition) is 1. The molecular formula is C17H23ClN2O6S. The number of amides is 1. The Bertz CT molecular complexity index is 821. The average Bonchev–Trinajstić information content (AvgIpc) is 2.52. The van der Waals surface area contributed by atoms with Gasteiger partial charge >= 0.3 is 12.1 Å². The van der Waals surface area contributed by atoms with Crippen LogP contribution in [0, 0.1) is 0 Å². The first-order valence-electron chi connectivity index (χ1n) is 8.34. The second kappa shape index (κ2) is 8.04. The fraction of sp³-hybridized carbons (Fsp3) is 0.529. The van der Waals surface area contributed by atoms with E-state index in [2.05, 4.69) is 0 Å². The van der Waals surface area contributed by atoms with Gasteiger partial charge in [-0.25, -0.2) is 13.2 Å². The van der Waals surface area contributed by atoms with Gasteiger partial charge < -0.3 is 14.7 Å². The molecule has 1 N–H and O–H groups in total. The van der Waals surface area contributed by atoms with Crippen LogP contribution in [0.25, 0.3) is 0 Å². The summed E-state index contributed by atoms with van der Waals surface area (Å²) < 4.78 is 31.7. The zero-order valence-corrected chi connectivity index (χ0v) is 17.0. The molecule has 1 aromatic carbocycles. The second-order valence-corrected chi connectivity index (χ2v) is 9.64. The predicted molar refractivity (Wildman–Crippen MR) is 100 cm³/mol. The molecule has 27 heavy (non-hydrogen) atoms. The van der Waals surface area contributed by atoms with E-state index >= 15 is 0 Å². The third-order valence-corrected chi connectivity index (χ3v) is 5.95. The number of ether oxygens (including phenoxy) is 1. The molecule has 0 bridgehead atoms. The van der Waals surface area contributed by atoms with E-state index in [0.29, 0.717) is 10.6 Å². The molecule has 0 unspecified atom stereocenters. The summed E-state index contributed by atoms with van der Waals surface area (Å²) in [6.07, 6.45) is -0.666. The van der Waals surface area contributed by atoms with E-state index in [0.717, 1.165) is 4.31 Å². The lowest BCUT2D eigenvalue weighted by atomic mass is 10.2. The molecule has 1 aliphatic rings. The highest BCUT2D eigenvalue weighted by atomic mass is 35.5. The molecule has 10 heteroatoms.